The van der Waals surface area contributed by atoms with Gasteiger partial charge in [-0.15, -0.1) is 0 Å². The number of alkyl halides is 3. The first kappa shape index (κ1) is 29.3. The summed E-state index contributed by atoms with van der Waals surface area (Å²) < 4.78 is 60.6. The standard InChI is InChI=1S/C33H44F3NO3Si/c1-20(2)28-26-27(25-23(37-28)18-31(12-13-31)19-24(25)40-41(6,7)30(3,4)5)32(14-16-38-17-15-32)39-29(26)21-8-10-22(11-9-21)33(34,35)36/h8-11,20,24,29H,12-19H2,1-7H3/t24?,29-/m1/s1. The second-order valence-electron chi connectivity index (χ2n) is 14.8. The molecule has 4 aliphatic rings. The zero-order valence-corrected chi connectivity index (χ0v) is 26.5. The molecule has 1 saturated heterocycles. The highest BCUT2D eigenvalue weighted by Gasteiger charge is 2.56. The first-order chi connectivity index (χ1) is 19.1. The molecule has 2 aromatic rings. The zero-order chi connectivity index (χ0) is 29.6. The average molecular weight is 588 g/mol. The summed E-state index contributed by atoms with van der Waals surface area (Å²) in [6.45, 7) is 17.0. The molecular formula is C33H44F3NO3Si. The number of halogens is 3. The number of fused-ring (bicyclic) bond motifs is 4. The summed E-state index contributed by atoms with van der Waals surface area (Å²) in [6.07, 6.45) is 0.887. The van der Waals surface area contributed by atoms with Crippen LogP contribution < -0.4 is 0 Å². The van der Waals surface area contributed by atoms with Crippen molar-refractivity contribution in [3.05, 3.63) is 63.5 Å². The minimum Gasteiger partial charge on any atom is -0.410 e. The van der Waals surface area contributed by atoms with E-state index in [2.05, 4.69) is 47.7 Å². The molecule has 0 amide bonds. The van der Waals surface area contributed by atoms with Crippen molar-refractivity contribution in [3.8, 4) is 0 Å². The van der Waals surface area contributed by atoms with Crippen molar-refractivity contribution in [2.45, 2.75) is 121 Å². The van der Waals surface area contributed by atoms with Gasteiger partial charge in [-0.05, 0) is 78.4 Å². The number of ether oxygens (including phenoxy) is 2. The fourth-order valence-corrected chi connectivity index (χ4v) is 8.23. The number of rotatable bonds is 4. The second kappa shape index (κ2) is 9.63. The van der Waals surface area contributed by atoms with E-state index >= 15 is 0 Å². The Morgan fingerprint density at radius 1 is 0.976 bits per heavy atom. The van der Waals surface area contributed by atoms with Gasteiger partial charge < -0.3 is 13.9 Å². The van der Waals surface area contributed by atoms with Gasteiger partial charge in [0, 0.05) is 48.6 Å². The number of pyridine rings is 1. The molecule has 2 aliphatic carbocycles. The van der Waals surface area contributed by atoms with Crippen LogP contribution in [-0.4, -0.2) is 26.5 Å². The van der Waals surface area contributed by atoms with E-state index in [4.69, 9.17) is 18.9 Å². The Bertz CT molecular complexity index is 1320. The smallest absolute Gasteiger partial charge is 0.410 e. The fraction of sp³-hybridized carbons (Fsp3) is 0.667. The first-order valence-electron chi connectivity index (χ1n) is 15.2. The summed E-state index contributed by atoms with van der Waals surface area (Å²) in [5, 5.41) is 0.0609. The van der Waals surface area contributed by atoms with E-state index in [0.717, 1.165) is 35.4 Å². The van der Waals surface area contributed by atoms with Crippen LogP contribution in [0.25, 0.3) is 0 Å². The van der Waals surface area contributed by atoms with Crippen molar-refractivity contribution in [2.75, 3.05) is 13.2 Å². The summed E-state index contributed by atoms with van der Waals surface area (Å²) in [5.41, 5.74) is 5.43. The Morgan fingerprint density at radius 3 is 2.15 bits per heavy atom. The molecular weight excluding hydrogens is 543 g/mol. The molecule has 6 rings (SSSR count). The Labute approximate surface area is 243 Å². The number of aromatic nitrogens is 1. The van der Waals surface area contributed by atoms with Gasteiger partial charge in [0.25, 0.3) is 0 Å². The van der Waals surface area contributed by atoms with E-state index < -0.39 is 31.8 Å². The van der Waals surface area contributed by atoms with Gasteiger partial charge in [-0.2, -0.15) is 13.2 Å². The van der Waals surface area contributed by atoms with Crippen LogP contribution in [0.5, 0.6) is 0 Å². The van der Waals surface area contributed by atoms with Gasteiger partial charge in [-0.3, -0.25) is 4.98 Å². The van der Waals surface area contributed by atoms with Gasteiger partial charge in [0.05, 0.1) is 17.3 Å². The molecule has 1 aromatic carbocycles. The third-order valence-electron chi connectivity index (χ3n) is 10.5. The maximum Gasteiger partial charge on any atom is 0.416 e. The third kappa shape index (κ3) is 5.00. The summed E-state index contributed by atoms with van der Waals surface area (Å²) in [7, 11) is -2.13. The van der Waals surface area contributed by atoms with Gasteiger partial charge in [0.1, 0.15) is 6.10 Å². The molecule has 41 heavy (non-hydrogen) atoms. The van der Waals surface area contributed by atoms with E-state index in [1.165, 1.54) is 36.1 Å². The van der Waals surface area contributed by atoms with Crippen molar-refractivity contribution >= 4 is 8.32 Å². The highest BCUT2D eigenvalue weighted by atomic mass is 28.4. The van der Waals surface area contributed by atoms with Crippen LogP contribution in [0.1, 0.15) is 124 Å². The van der Waals surface area contributed by atoms with Gasteiger partial charge in [0.2, 0.25) is 0 Å². The molecule has 0 bridgehead atoms. The zero-order valence-electron chi connectivity index (χ0n) is 25.5. The SMILES string of the molecule is CC(C)c1nc2c(c3c1[C@@H](c1ccc(C(F)(F)F)cc1)OC31CCOCC1)C(O[Si](C)(C)C(C)(C)C)CC1(CC1)C2. The lowest BCUT2D eigenvalue weighted by atomic mass is 9.73. The van der Waals surface area contributed by atoms with Crippen molar-refractivity contribution in [3.63, 3.8) is 0 Å². The molecule has 1 unspecified atom stereocenters. The van der Waals surface area contributed by atoms with E-state index in [-0.39, 0.29) is 22.5 Å². The molecule has 0 radical (unpaired) electrons. The van der Waals surface area contributed by atoms with Crippen LogP contribution in [0.3, 0.4) is 0 Å². The van der Waals surface area contributed by atoms with E-state index in [1.54, 1.807) is 12.1 Å². The van der Waals surface area contributed by atoms with Crippen molar-refractivity contribution in [1.82, 2.24) is 4.98 Å². The third-order valence-corrected chi connectivity index (χ3v) is 15.0. The van der Waals surface area contributed by atoms with Crippen LogP contribution >= 0.6 is 0 Å². The molecule has 0 N–H and O–H groups in total. The minimum atomic E-state index is -4.38. The topological polar surface area (TPSA) is 40.6 Å². The van der Waals surface area contributed by atoms with Gasteiger partial charge in [-0.25, -0.2) is 0 Å². The summed E-state index contributed by atoms with van der Waals surface area (Å²) >= 11 is 0. The lowest BCUT2D eigenvalue weighted by molar-refractivity contribution is -0.137. The Morgan fingerprint density at radius 2 is 1.61 bits per heavy atom. The van der Waals surface area contributed by atoms with E-state index in [0.29, 0.717) is 26.1 Å². The van der Waals surface area contributed by atoms with Crippen LogP contribution in [0.2, 0.25) is 18.1 Å². The lowest BCUT2D eigenvalue weighted by Crippen LogP contribution is -2.44. The summed E-state index contributed by atoms with van der Waals surface area (Å²) in [6, 6.07) is 5.52. The molecule has 4 nitrogen and oxygen atoms in total. The maximum atomic E-state index is 13.4. The molecule has 1 saturated carbocycles. The highest BCUT2D eigenvalue weighted by molar-refractivity contribution is 6.74. The molecule has 2 atom stereocenters. The number of nitrogens with zero attached hydrogens (tertiary/aromatic N) is 1. The van der Waals surface area contributed by atoms with Gasteiger partial charge in [0.15, 0.2) is 8.32 Å². The van der Waals surface area contributed by atoms with E-state index in [9.17, 15) is 13.2 Å². The predicted octanol–water partition coefficient (Wildman–Crippen LogP) is 9.14. The fourth-order valence-electron chi connectivity index (χ4n) is 6.97. The largest absolute Gasteiger partial charge is 0.416 e. The normalized spacial score (nSPS) is 25.0. The summed E-state index contributed by atoms with van der Waals surface area (Å²) in [5.74, 6) is 0.140. The minimum absolute atomic E-state index is 0.0562. The Kier molecular flexibility index (Phi) is 6.89. The molecule has 224 valence electrons. The van der Waals surface area contributed by atoms with Gasteiger partial charge in [-0.1, -0.05) is 46.8 Å². The van der Waals surface area contributed by atoms with Crippen LogP contribution in [0, 0.1) is 5.41 Å². The average Bonchev–Trinajstić information content (AvgIpc) is 3.55. The monoisotopic (exact) mass is 587 g/mol. The van der Waals surface area contributed by atoms with Crippen molar-refractivity contribution < 1.29 is 27.1 Å². The first-order valence-corrected chi connectivity index (χ1v) is 18.1. The van der Waals surface area contributed by atoms with Crippen molar-refractivity contribution in [2.24, 2.45) is 5.41 Å². The molecule has 1 aromatic heterocycles. The Balaban J connectivity index is 1.57. The predicted molar refractivity (Wildman–Crippen MR) is 155 cm³/mol. The number of benzene rings is 1. The molecule has 8 heteroatoms. The molecule has 2 spiro atoms. The molecule has 2 aliphatic heterocycles. The summed E-state index contributed by atoms with van der Waals surface area (Å²) in [4.78, 5) is 5.42. The second-order valence-corrected chi connectivity index (χ2v) is 19.5. The lowest BCUT2D eigenvalue weighted by Gasteiger charge is -2.44. The van der Waals surface area contributed by atoms with Crippen LogP contribution in [0.15, 0.2) is 24.3 Å². The Hall–Kier alpha value is -1.74. The van der Waals surface area contributed by atoms with Crippen molar-refractivity contribution in [1.29, 1.82) is 0 Å². The van der Waals surface area contributed by atoms with E-state index in [1.807, 2.05) is 0 Å². The maximum absolute atomic E-state index is 13.4. The quantitative estimate of drug-likeness (QED) is 0.335. The van der Waals surface area contributed by atoms with Crippen LogP contribution in [0.4, 0.5) is 13.2 Å². The highest BCUT2D eigenvalue weighted by Crippen LogP contribution is 2.63. The van der Waals surface area contributed by atoms with Crippen LogP contribution in [-0.2, 0) is 32.1 Å². The van der Waals surface area contributed by atoms with Gasteiger partial charge >= 0.3 is 6.18 Å². The molecule has 2 fully saturated rings. The number of hydrogen-bond acceptors (Lipinski definition) is 4. The molecule has 3 heterocycles. The number of hydrogen-bond donors (Lipinski definition) is 0.